The quantitative estimate of drug-likeness (QED) is 0.0921. The summed E-state index contributed by atoms with van der Waals surface area (Å²) in [5, 5.41) is 17.9. The van der Waals surface area contributed by atoms with Crippen molar-refractivity contribution in [2.45, 2.75) is 33.1 Å². The SMILES string of the molecule is CCCCOc1ccc(C(=O)NC(=Cc2cccc([N+](=O)[O-])c2)C(=O)NCCc2c(C)[nH]c3ccccc23)cc1. The number of nitrogens with zero attached hydrogens (tertiary/aromatic N) is 1. The summed E-state index contributed by atoms with van der Waals surface area (Å²) in [5.41, 5.74) is 3.77. The lowest BCUT2D eigenvalue weighted by molar-refractivity contribution is -0.384. The Labute approximate surface area is 232 Å². The number of aryl methyl sites for hydroxylation is 1. The normalized spacial score (nSPS) is 11.3. The molecule has 40 heavy (non-hydrogen) atoms. The lowest BCUT2D eigenvalue weighted by Gasteiger charge is -2.12. The van der Waals surface area contributed by atoms with Gasteiger partial charge in [0, 0.05) is 40.8 Å². The summed E-state index contributed by atoms with van der Waals surface area (Å²) in [5.74, 6) is -0.334. The molecule has 9 heteroatoms. The third-order valence-corrected chi connectivity index (χ3v) is 6.46. The lowest BCUT2D eigenvalue weighted by Crippen LogP contribution is -2.35. The largest absolute Gasteiger partial charge is 0.494 e. The summed E-state index contributed by atoms with van der Waals surface area (Å²) < 4.78 is 5.66. The zero-order valence-corrected chi connectivity index (χ0v) is 22.5. The van der Waals surface area contributed by atoms with Crippen LogP contribution in [-0.2, 0) is 11.2 Å². The number of hydrogen-bond donors (Lipinski definition) is 3. The van der Waals surface area contributed by atoms with Crippen LogP contribution in [0.5, 0.6) is 5.75 Å². The average Bonchev–Trinajstić information content (AvgIpc) is 3.28. The number of nitro benzene ring substituents is 1. The van der Waals surface area contributed by atoms with E-state index >= 15 is 0 Å². The van der Waals surface area contributed by atoms with Gasteiger partial charge in [-0.3, -0.25) is 19.7 Å². The zero-order valence-electron chi connectivity index (χ0n) is 22.5. The molecule has 0 aliphatic rings. The molecule has 0 saturated carbocycles. The molecule has 0 saturated heterocycles. The highest BCUT2D eigenvalue weighted by Gasteiger charge is 2.16. The first-order valence-electron chi connectivity index (χ1n) is 13.2. The first-order chi connectivity index (χ1) is 19.4. The number of carbonyl (C=O) groups is 2. The Hall–Kier alpha value is -4.92. The second kappa shape index (κ2) is 13.2. The van der Waals surface area contributed by atoms with Crippen LogP contribution < -0.4 is 15.4 Å². The molecule has 9 nitrogen and oxygen atoms in total. The van der Waals surface area contributed by atoms with Crippen molar-refractivity contribution in [1.82, 2.24) is 15.6 Å². The van der Waals surface area contributed by atoms with E-state index in [-0.39, 0.29) is 11.4 Å². The second-order valence-corrected chi connectivity index (χ2v) is 9.37. The maximum Gasteiger partial charge on any atom is 0.270 e. The molecule has 4 aromatic rings. The van der Waals surface area contributed by atoms with E-state index in [1.807, 2.05) is 31.2 Å². The lowest BCUT2D eigenvalue weighted by atomic mass is 10.1. The molecule has 0 aliphatic carbocycles. The summed E-state index contributed by atoms with van der Waals surface area (Å²) in [7, 11) is 0. The molecular weight excluding hydrogens is 508 g/mol. The fourth-order valence-corrected chi connectivity index (χ4v) is 4.34. The van der Waals surface area contributed by atoms with Crippen LogP contribution in [0, 0.1) is 17.0 Å². The number of unbranched alkanes of at least 4 members (excludes halogenated alkanes) is 1. The van der Waals surface area contributed by atoms with E-state index in [0.717, 1.165) is 35.0 Å². The number of non-ortho nitro benzene ring substituents is 1. The maximum atomic E-state index is 13.3. The molecule has 0 fully saturated rings. The number of rotatable bonds is 12. The van der Waals surface area contributed by atoms with Gasteiger partial charge in [-0.2, -0.15) is 0 Å². The van der Waals surface area contributed by atoms with Gasteiger partial charge < -0.3 is 20.4 Å². The van der Waals surface area contributed by atoms with Crippen LogP contribution in [0.4, 0.5) is 5.69 Å². The Balaban J connectivity index is 1.50. The topological polar surface area (TPSA) is 126 Å². The Bertz CT molecular complexity index is 1540. The van der Waals surface area contributed by atoms with E-state index in [0.29, 0.717) is 36.4 Å². The number of benzene rings is 3. The highest BCUT2D eigenvalue weighted by molar-refractivity contribution is 6.05. The van der Waals surface area contributed by atoms with E-state index in [1.165, 1.54) is 24.3 Å². The first-order valence-corrected chi connectivity index (χ1v) is 13.2. The third-order valence-electron chi connectivity index (χ3n) is 6.46. The molecule has 3 aromatic carbocycles. The third kappa shape index (κ3) is 7.13. The minimum absolute atomic E-state index is 0.0237. The maximum absolute atomic E-state index is 13.3. The van der Waals surface area contributed by atoms with Crippen LogP contribution in [0.25, 0.3) is 17.0 Å². The minimum atomic E-state index is -0.511. The first kappa shape index (κ1) is 28.1. The second-order valence-electron chi connectivity index (χ2n) is 9.37. The van der Waals surface area contributed by atoms with Crippen LogP contribution >= 0.6 is 0 Å². The Morgan fingerprint density at radius 2 is 1.82 bits per heavy atom. The number of para-hydroxylation sites is 1. The van der Waals surface area contributed by atoms with Crippen LogP contribution in [0.2, 0.25) is 0 Å². The molecule has 2 amide bonds. The van der Waals surface area contributed by atoms with Crippen molar-refractivity contribution < 1.29 is 19.2 Å². The number of hydrogen-bond acceptors (Lipinski definition) is 5. The number of amides is 2. The molecule has 1 heterocycles. The predicted octanol–water partition coefficient (Wildman–Crippen LogP) is 5.69. The molecule has 0 aliphatic heterocycles. The van der Waals surface area contributed by atoms with Gasteiger partial charge in [0.2, 0.25) is 0 Å². The standard InChI is InChI=1S/C31H32N4O5/c1-3-4-18-40-25-14-12-23(13-15-25)30(36)34-29(20-22-8-7-9-24(19-22)35(38)39)31(37)32-17-16-26-21(2)33-28-11-6-5-10-27(26)28/h5-15,19-20,33H,3-4,16-18H2,1-2H3,(H,32,37)(H,34,36). The summed E-state index contributed by atoms with van der Waals surface area (Å²) in [6.07, 6.45) is 3.96. The van der Waals surface area contributed by atoms with Gasteiger partial charge in [-0.05, 0) is 67.3 Å². The van der Waals surface area contributed by atoms with Crippen LogP contribution in [-0.4, -0.2) is 34.9 Å². The van der Waals surface area contributed by atoms with Gasteiger partial charge in [0.25, 0.3) is 17.5 Å². The van der Waals surface area contributed by atoms with E-state index < -0.39 is 16.7 Å². The van der Waals surface area contributed by atoms with Crippen LogP contribution in [0.1, 0.15) is 46.9 Å². The molecule has 0 atom stereocenters. The Morgan fingerprint density at radius 3 is 2.58 bits per heavy atom. The molecule has 0 bridgehead atoms. The number of aromatic nitrogens is 1. The monoisotopic (exact) mass is 540 g/mol. The molecule has 3 N–H and O–H groups in total. The van der Waals surface area contributed by atoms with Crippen molar-refractivity contribution >= 4 is 34.5 Å². The molecule has 0 radical (unpaired) electrons. The number of nitrogens with one attached hydrogen (secondary N) is 3. The van der Waals surface area contributed by atoms with Crippen molar-refractivity contribution in [2.75, 3.05) is 13.2 Å². The zero-order chi connectivity index (χ0) is 28.5. The van der Waals surface area contributed by atoms with Gasteiger partial charge >= 0.3 is 0 Å². The predicted molar refractivity (Wildman–Crippen MR) is 155 cm³/mol. The van der Waals surface area contributed by atoms with Crippen molar-refractivity contribution in [2.24, 2.45) is 0 Å². The van der Waals surface area contributed by atoms with Crippen LogP contribution in [0.15, 0.2) is 78.5 Å². The van der Waals surface area contributed by atoms with Gasteiger partial charge in [0.05, 0.1) is 11.5 Å². The van der Waals surface area contributed by atoms with Gasteiger partial charge in [-0.25, -0.2) is 0 Å². The number of ether oxygens (including phenoxy) is 1. The molecule has 4 rings (SSSR count). The minimum Gasteiger partial charge on any atom is -0.494 e. The molecule has 0 spiro atoms. The summed E-state index contributed by atoms with van der Waals surface area (Å²) in [6.45, 7) is 4.99. The van der Waals surface area contributed by atoms with Gasteiger partial charge in [0.1, 0.15) is 11.4 Å². The van der Waals surface area contributed by atoms with Crippen molar-refractivity contribution in [3.05, 3.63) is 111 Å². The molecular formula is C31H32N4O5. The average molecular weight is 541 g/mol. The Morgan fingerprint density at radius 1 is 1.05 bits per heavy atom. The summed E-state index contributed by atoms with van der Waals surface area (Å²) >= 11 is 0. The number of H-pyrrole nitrogens is 1. The molecule has 0 unspecified atom stereocenters. The smallest absolute Gasteiger partial charge is 0.270 e. The highest BCUT2D eigenvalue weighted by atomic mass is 16.6. The Kier molecular flexibility index (Phi) is 9.30. The molecule has 206 valence electrons. The van der Waals surface area contributed by atoms with Crippen molar-refractivity contribution in [1.29, 1.82) is 0 Å². The summed E-state index contributed by atoms with van der Waals surface area (Å²) in [6, 6.07) is 20.5. The fourth-order valence-electron chi connectivity index (χ4n) is 4.34. The fraction of sp³-hybridized carbons (Fsp3) is 0.226. The van der Waals surface area contributed by atoms with Gasteiger partial charge in [-0.1, -0.05) is 43.7 Å². The number of fused-ring (bicyclic) bond motifs is 1. The van der Waals surface area contributed by atoms with E-state index in [4.69, 9.17) is 4.74 Å². The summed E-state index contributed by atoms with van der Waals surface area (Å²) in [4.78, 5) is 40.4. The number of aromatic amines is 1. The molecule has 1 aromatic heterocycles. The van der Waals surface area contributed by atoms with Crippen molar-refractivity contribution in [3.63, 3.8) is 0 Å². The number of nitro groups is 1. The van der Waals surface area contributed by atoms with Gasteiger partial charge in [0.15, 0.2) is 0 Å². The van der Waals surface area contributed by atoms with E-state index in [1.54, 1.807) is 30.3 Å². The number of carbonyl (C=O) groups excluding carboxylic acids is 2. The van der Waals surface area contributed by atoms with E-state index in [2.05, 4.69) is 22.5 Å². The van der Waals surface area contributed by atoms with Crippen molar-refractivity contribution in [3.8, 4) is 5.75 Å². The van der Waals surface area contributed by atoms with Crippen LogP contribution in [0.3, 0.4) is 0 Å². The van der Waals surface area contributed by atoms with Gasteiger partial charge in [-0.15, -0.1) is 0 Å². The van der Waals surface area contributed by atoms with E-state index in [9.17, 15) is 19.7 Å². The highest BCUT2D eigenvalue weighted by Crippen LogP contribution is 2.22.